The summed E-state index contributed by atoms with van der Waals surface area (Å²) in [4.78, 5) is 2.68. The number of nitrogens with zero attached hydrogens (tertiary/aromatic N) is 1. The van der Waals surface area contributed by atoms with Crippen LogP contribution in [0.15, 0.2) is 0 Å². The molecule has 2 fully saturated rings. The van der Waals surface area contributed by atoms with Gasteiger partial charge in [0.05, 0.1) is 12.7 Å². The molecule has 0 spiro atoms. The summed E-state index contributed by atoms with van der Waals surface area (Å²) in [6, 6.07) is 2.13. The number of morpholine rings is 1. The third-order valence-electron chi connectivity index (χ3n) is 4.14. The molecule has 3 atom stereocenters. The van der Waals surface area contributed by atoms with Crippen LogP contribution in [0.2, 0.25) is 0 Å². The molecule has 0 aromatic rings. The molecule has 0 aromatic carbocycles. The maximum absolute atomic E-state index is 5.78. The van der Waals surface area contributed by atoms with Gasteiger partial charge in [0.15, 0.2) is 0 Å². The molecule has 0 aromatic heterocycles. The Morgan fingerprint density at radius 2 is 2.12 bits per heavy atom. The Morgan fingerprint density at radius 3 is 2.71 bits per heavy atom. The highest BCUT2D eigenvalue weighted by atomic mass is 16.5. The van der Waals surface area contributed by atoms with Crippen molar-refractivity contribution in [1.82, 2.24) is 10.2 Å². The van der Waals surface area contributed by atoms with Crippen LogP contribution in [-0.4, -0.2) is 48.8 Å². The van der Waals surface area contributed by atoms with Gasteiger partial charge in [-0.1, -0.05) is 13.8 Å². The molecule has 1 N–H and O–H groups in total. The lowest BCUT2D eigenvalue weighted by Crippen LogP contribution is -2.55. The first-order chi connectivity index (χ1) is 8.24. The van der Waals surface area contributed by atoms with Gasteiger partial charge in [0, 0.05) is 31.2 Å². The summed E-state index contributed by atoms with van der Waals surface area (Å²) in [6.07, 6.45) is 5.60. The minimum Gasteiger partial charge on any atom is -0.376 e. The molecule has 100 valence electrons. The Morgan fingerprint density at radius 1 is 1.35 bits per heavy atom. The fourth-order valence-electron chi connectivity index (χ4n) is 2.76. The number of ether oxygens (including phenoxy) is 1. The quantitative estimate of drug-likeness (QED) is 0.769. The van der Waals surface area contributed by atoms with Gasteiger partial charge in [-0.2, -0.15) is 0 Å². The Labute approximate surface area is 106 Å². The third-order valence-corrected chi connectivity index (χ3v) is 4.14. The molecule has 1 saturated carbocycles. The molecule has 3 nitrogen and oxygen atoms in total. The monoisotopic (exact) mass is 240 g/mol. The van der Waals surface area contributed by atoms with Gasteiger partial charge in [0.1, 0.15) is 0 Å². The second kappa shape index (κ2) is 6.17. The average Bonchev–Trinajstić information content (AvgIpc) is 3.14. The highest BCUT2D eigenvalue weighted by Gasteiger charge is 2.31. The first-order valence-corrected chi connectivity index (χ1v) is 7.35. The second-order valence-electron chi connectivity index (χ2n) is 5.65. The topological polar surface area (TPSA) is 24.5 Å². The third kappa shape index (κ3) is 3.67. The second-order valence-corrected chi connectivity index (χ2v) is 5.65. The van der Waals surface area contributed by atoms with E-state index in [4.69, 9.17) is 4.74 Å². The fourth-order valence-corrected chi connectivity index (χ4v) is 2.76. The zero-order chi connectivity index (χ0) is 12.3. The summed E-state index contributed by atoms with van der Waals surface area (Å²) in [7, 11) is 0. The molecule has 1 saturated heterocycles. The van der Waals surface area contributed by atoms with E-state index in [1.54, 1.807) is 0 Å². The fraction of sp³-hybridized carbons (Fsp3) is 1.00. The van der Waals surface area contributed by atoms with Gasteiger partial charge >= 0.3 is 0 Å². The molecule has 1 aliphatic carbocycles. The highest BCUT2D eigenvalue weighted by Crippen LogP contribution is 2.22. The number of hydrogen-bond donors (Lipinski definition) is 1. The Bertz CT molecular complexity index is 230. The molecule has 3 unspecified atom stereocenters. The minimum absolute atomic E-state index is 0.396. The first-order valence-electron chi connectivity index (χ1n) is 7.35. The van der Waals surface area contributed by atoms with Crippen LogP contribution in [-0.2, 0) is 4.74 Å². The van der Waals surface area contributed by atoms with Gasteiger partial charge in [-0.05, 0) is 32.6 Å². The Balaban J connectivity index is 1.88. The van der Waals surface area contributed by atoms with E-state index in [1.165, 1.54) is 25.7 Å². The lowest BCUT2D eigenvalue weighted by atomic mass is 10.1. The van der Waals surface area contributed by atoms with Crippen molar-refractivity contribution in [3.63, 3.8) is 0 Å². The smallest absolute Gasteiger partial charge is 0.0674 e. The summed E-state index contributed by atoms with van der Waals surface area (Å²) >= 11 is 0. The molecule has 0 amide bonds. The van der Waals surface area contributed by atoms with Crippen molar-refractivity contribution in [2.45, 2.75) is 70.7 Å². The van der Waals surface area contributed by atoms with Crippen molar-refractivity contribution in [2.75, 3.05) is 19.7 Å². The first kappa shape index (κ1) is 13.3. The lowest BCUT2D eigenvalue weighted by molar-refractivity contribution is -0.0726. The van der Waals surface area contributed by atoms with Gasteiger partial charge in [0.25, 0.3) is 0 Å². The van der Waals surface area contributed by atoms with Gasteiger partial charge in [0.2, 0.25) is 0 Å². The molecule has 0 radical (unpaired) electrons. The standard InChI is InChI=1S/C14H28N2O/c1-4-13(8-15-12-6-7-12)16-9-11(3)17-10-14(16)5-2/h11-15H,4-10H2,1-3H3. The maximum atomic E-state index is 5.78. The number of hydrogen-bond acceptors (Lipinski definition) is 3. The maximum Gasteiger partial charge on any atom is 0.0674 e. The molecule has 2 rings (SSSR count). The van der Waals surface area contributed by atoms with Crippen LogP contribution in [0.1, 0.15) is 46.5 Å². The zero-order valence-electron chi connectivity index (χ0n) is 11.6. The van der Waals surface area contributed by atoms with Gasteiger partial charge in [-0.15, -0.1) is 0 Å². The summed E-state index contributed by atoms with van der Waals surface area (Å²) in [5.41, 5.74) is 0. The van der Waals surface area contributed by atoms with Gasteiger partial charge < -0.3 is 10.1 Å². The molecule has 1 heterocycles. The van der Waals surface area contributed by atoms with E-state index in [0.29, 0.717) is 18.2 Å². The minimum atomic E-state index is 0.396. The summed E-state index contributed by atoms with van der Waals surface area (Å²) in [5.74, 6) is 0. The van der Waals surface area contributed by atoms with Crippen LogP contribution in [0.3, 0.4) is 0 Å². The van der Waals surface area contributed by atoms with E-state index < -0.39 is 0 Å². The number of rotatable bonds is 6. The van der Waals surface area contributed by atoms with Crippen molar-refractivity contribution < 1.29 is 4.74 Å². The molecule has 0 bridgehead atoms. The van der Waals surface area contributed by atoms with E-state index in [-0.39, 0.29) is 0 Å². The van der Waals surface area contributed by atoms with Crippen LogP contribution < -0.4 is 5.32 Å². The van der Waals surface area contributed by atoms with E-state index in [2.05, 4.69) is 31.0 Å². The molecular formula is C14H28N2O. The van der Waals surface area contributed by atoms with Crippen LogP contribution in [0.4, 0.5) is 0 Å². The predicted molar refractivity (Wildman–Crippen MR) is 71.3 cm³/mol. The van der Waals surface area contributed by atoms with Gasteiger partial charge in [-0.25, -0.2) is 0 Å². The van der Waals surface area contributed by atoms with Crippen molar-refractivity contribution in [1.29, 1.82) is 0 Å². The molecular weight excluding hydrogens is 212 g/mol. The van der Waals surface area contributed by atoms with Crippen LogP contribution >= 0.6 is 0 Å². The zero-order valence-corrected chi connectivity index (χ0v) is 11.6. The van der Waals surface area contributed by atoms with E-state index in [0.717, 1.165) is 25.7 Å². The highest BCUT2D eigenvalue weighted by molar-refractivity contribution is 4.87. The van der Waals surface area contributed by atoms with E-state index >= 15 is 0 Å². The van der Waals surface area contributed by atoms with Crippen molar-refractivity contribution in [2.24, 2.45) is 0 Å². The Kier molecular flexibility index (Phi) is 4.83. The Hall–Kier alpha value is -0.120. The van der Waals surface area contributed by atoms with Gasteiger partial charge in [-0.3, -0.25) is 4.90 Å². The van der Waals surface area contributed by atoms with Crippen molar-refractivity contribution in [3.8, 4) is 0 Å². The molecule has 1 aliphatic heterocycles. The average molecular weight is 240 g/mol. The number of nitrogens with one attached hydrogen (secondary N) is 1. The van der Waals surface area contributed by atoms with E-state index in [9.17, 15) is 0 Å². The summed E-state index contributed by atoms with van der Waals surface area (Å²) in [5, 5.41) is 3.68. The predicted octanol–water partition coefficient (Wildman–Crippen LogP) is 2.02. The van der Waals surface area contributed by atoms with E-state index in [1.807, 2.05) is 0 Å². The van der Waals surface area contributed by atoms with Crippen molar-refractivity contribution >= 4 is 0 Å². The normalized spacial score (nSPS) is 32.6. The van der Waals surface area contributed by atoms with Crippen LogP contribution in [0.25, 0.3) is 0 Å². The largest absolute Gasteiger partial charge is 0.376 e. The van der Waals surface area contributed by atoms with Crippen LogP contribution in [0, 0.1) is 0 Å². The van der Waals surface area contributed by atoms with Crippen molar-refractivity contribution in [3.05, 3.63) is 0 Å². The molecule has 2 aliphatic rings. The molecule has 17 heavy (non-hydrogen) atoms. The summed E-state index contributed by atoms with van der Waals surface area (Å²) in [6.45, 7) is 9.95. The lowest BCUT2D eigenvalue weighted by Gasteiger charge is -2.43. The van der Waals surface area contributed by atoms with Crippen LogP contribution in [0.5, 0.6) is 0 Å². The molecule has 3 heteroatoms. The SMILES string of the molecule is CCC(CNC1CC1)N1CC(C)OCC1CC. The summed E-state index contributed by atoms with van der Waals surface area (Å²) < 4.78 is 5.78.